The van der Waals surface area contributed by atoms with Gasteiger partial charge in [-0.1, -0.05) is 12.1 Å². The van der Waals surface area contributed by atoms with Gasteiger partial charge in [-0.05, 0) is 62.9 Å². The molecule has 2 aromatic rings. The van der Waals surface area contributed by atoms with Gasteiger partial charge in [0.05, 0.1) is 12.6 Å². The van der Waals surface area contributed by atoms with E-state index in [2.05, 4.69) is 5.32 Å². The maximum absolute atomic E-state index is 12.4. The minimum Gasteiger partial charge on any atom is -0.494 e. The molecule has 2 aromatic carbocycles. The standard InChI is InChI=1S/C20H25N3O3/c1-4-26-18-11-5-15(6-12-18)13-23(3)14(2)20(25)22-17-9-7-16(8-10-17)19(21)24/h5-12,14H,4,13H2,1-3H3,(H2,21,24)(H,22,25)/t14-/m0/s1. The minimum absolute atomic E-state index is 0.120. The summed E-state index contributed by atoms with van der Waals surface area (Å²) >= 11 is 0. The monoisotopic (exact) mass is 355 g/mol. The van der Waals surface area contributed by atoms with E-state index in [1.165, 1.54) is 0 Å². The number of likely N-dealkylation sites (N-methyl/N-ethyl adjacent to an activating group) is 1. The average molecular weight is 355 g/mol. The van der Waals surface area contributed by atoms with Crippen LogP contribution in [0.1, 0.15) is 29.8 Å². The van der Waals surface area contributed by atoms with Gasteiger partial charge in [-0.15, -0.1) is 0 Å². The van der Waals surface area contributed by atoms with Crippen molar-refractivity contribution in [1.29, 1.82) is 0 Å². The number of hydrogen-bond acceptors (Lipinski definition) is 4. The van der Waals surface area contributed by atoms with Gasteiger partial charge in [0.25, 0.3) is 0 Å². The summed E-state index contributed by atoms with van der Waals surface area (Å²) in [5.41, 5.74) is 7.34. The van der Waals surface area contributed by atoms with Crippen LogP contribution in [0.3, 0.4) is 0 Å². The summed E-state index contributed by atoms with van der Waals surface area (Å²) in [6, 6.07) is 14.0. The predicted molar refractivity (Wildman–Crippen MR) is 102 cm³/mol. The van der Waals surface area contributed by atoms with Crippen LogP contribution in [-0.2, 0) is 11.3 Å². The minimum atomic E-state index is -0.494. The second-order valence-electron chi connectivity index (χ2n) is 6.10. The maximum Gasteiger partial charge on any atom is 0.248 e. The first-order valence-electron chi connectivity index (χ1n) is 8.53. The fraction of sp³-hybridized carbons (Fsp3) is 0.300. The third-order valence-electron chi connectivity index (χ3n) is 4.14. The van der Waals surface area contributed by atoms with E-state index in [1.807, 2.05) is 50.1 Å². The van der Waals surface area contributed by atoms with Gasteiger partial charge in [0.15, 0.2) is 0 Å². The van der Waals surface area contributed by atoms with Gasteiger partial charge in [0.2, 0.25) is 11.8 Å². The Bertz CT molecular complexity index is 742. The normalized spacial score (nSPS) is 11.8. The summed E-state index contributed by atoms with van der Waals surface area (Å²) in [6.07, 6.45) is 0. The Hall–Kier alpha value is -2.86. The number of hydrogen-bond donors (Lipinski definition) is 2. The number of ether oxygens (including phenoxy) is 1. The molecule has 0 aliphatic rings. The summed E-state index contributed by atoms with van der Waals surface area (Å²) in [6.45, 7) is 5.07. The van der Waals surface area contributed by atoms with Crippen LogP contribution < -0.4 is 15.8 Å². The van der Waals surface area contributed by atoms with Gasteiger partial charge in [-0.2, -0.15) is 0 Å². The quantitative estimate of drug-likeness (QED) is 0.762. The van der Waals surface area contributed by atoms with E-state index in [0.29, 0.717) is 24.4 Å². The van der Waals surface area contributed by atoms with Crippen LogP contribution >= 0.6 is 0 Å². The lowest BCUT2D eigenvalue weighted by molar-refractivity contribution is -0.120. The maximum atomic E-state index is 12.4. The van der Waals surface area contributed by atoms with Crippen LogP contribution in [0, 0.1) is 0 Å². The number of amides is 2. The van der Waals surface area contributed by atoms with Crippen molar-refractivity contribution in [2.75, 3.05) is 19.0 Å². The number of nitrogens with zero attached hydrogens (tertiary/aromatic N) is 1. The van der Waals surface area contributed by atoms with Gasteiger partial charge in [0, 0.05) is 17.8 Å². The van der Waals surface area contributed by atoms with Crippen molar-refractivity contribution >= 4 is 17.5 Å². The molecule has 0 saturated carbocycles. The lowest BCUT2D eigenvalue weighted by Gasteiger charge is -2.24. The molecule has 0 saturated heterocycles. The summed E-state index contributed by atoms with van der Waals surface area (Å²) < 4.78 is 5.43. The second kappa shape index (κ2) is 9.01. The Balaban J connectivity index is 1.92. The lowest BCUT2D eigenvalue weighted by Crippen LogP contribution is -2.39. The van der Waals surface area contributed by atoms with Crippen molar-refractivity contribution in [2.45, 2.75) is 26.4 Å². The molecule has 0 radical (unpaired) electrons. The summed E-state index contributed by atoms with van der Waals surface area (Å²) in [4.78, 5) is 25.5. The van der Waals surface area contributed by atoms with E-state index in [-0.39, 0.29) is 11.9 Å². The van der Waals surface area contributed by atoms with E-state index in [9.17, 15) is 9.59 Å². The van der Waals surface area contributed by atoms with E-state index < -0.39 is 5.91 Å². The average Bonchev–Trinajstić information content (AvgIpc) is 2.63. The molecule has 0 aliphatic carbocycles. The highest BCUT2D eigenvalue weighted by Gasteiger charge is 2.18. The van der Waals surface area contributed by atoms with Crippen molar-refractivity contribution in [3.63, 3.8) is 0 Å². The number of nitrogens with one attached hydrogen (secondary N) is 1. The van der Waals surface area contributed by atoms with Crippen molar-refractivity contribution < 1.29 is 14.3 Å². The van der Waals surface area contributed by atoms with Crippen LogP contribution in [-0.4, -0.2) is 36.4 Å². The van der Waals surface area contributed by atoms with Gasteiger partial charge < -0.3 is 15.8 Å². The number of nitrogens with two attached hydrogens (primary N) is 1. The van der Waals surface area contributed by atoms with E-state index >= 15 is 0 Å². The number of carbonyl (C=O) groups is 2. The number of rotatable bonds is 8. The second-order valence-corrected chi connectivity index (χ2v) is 6.10. The van der Waals surface area contributed by atoms with Crippen LogP contribution in [0.2, 0.25) is 0 Å². The molecule has 0 heterocycles. The molecule has 0 aromatic heterocycles. The number of anilines is 1. The Morgan fingerprint density at radius 3 is 2.27 bits per heavy atom. The molecule has 0 bridgehead atoms. The molecule has 6 heteroatoms. The van der Waals surface area contributed by atoms with Gasteiger partial charge in [-0.25, -0.2) is 0 Å². The van der Waals surface area contributed by atoms with Crippen molar-refractivity contribution in [1.82, 2.24) is 4.90 Å². The molecule has 138 valence electrons. The summed E-state index contributed by atoms with van der Waals surface area (Å²) in [5, 5.41) is 2.85. The van der Waals surface area contributed by atoms with E-state index in [1.54, 1.807) is 24.3 Å². The molecule has 2 amide bonds. The molecule has 0 unspecified atom stereocenters. The molecule has 3 N–H and O–H groups in total. The largest absolute Gasteiger partial charge is 0.494 e. The topological polar surface area (TPSA) is 84.7 Å². The SMILES string of the molecule is CCOc1ccc(CN(C)[C@@H](C)C(=O)Nc2ccc(C(N)=O)cc2)cc1. The molecule has 0 fully saturated rings. The molecule has 0 aliphatic heterocycles. The molecular formula is C20H25N3O3. The zero-order chi connectivity index (χ0) is 19.1. The third kappa shape index (κ3) is 5.32. The third-order valence-corrected chi connectivity index (χ3v) is 4.14. The molecule has 0 spiro atoms. The summed E-state index contributed by atoms with van der Waals surface area (Å²) in [5.74, 6) is 0.223. The van der Waals surface area contributed by atoms with Crippen LogP contribution in [0.5, 0.6) is 5.75 Å². The smallest absolute Gasteiger partial charge is 0.248 e. The van der Waals surface area contributed by atoms with Gasteiger partial charge in [0.1, 0.15) is 5.75 Å². The first-order valence-corrected chi connectivity index (χ1v) is 8.53. The zero-order valence-electron chi connectivity index (χ0n) is 15.4. The lowest BCUT2D eigenvalue weighted by atomic mass is 10.1. The Morgan fingerprint density at radius 2 is 1.73 bits per heavy atom. The zero-order valence-corrected chi connectivity index (χ0v) is 15.4. The fourth-order valence-electron chi connectivity index (χ4n) is 2.45. The Morgan fingerprint density at radius 1 is 1.12 bits per heavy atom. The van der Waals surface area contributed by atoms with Crippen molar-refractivity contribution in [3.05, 3.63) is 59.7 Å². The van der Waals surface area contributed by atoms with Crippen LogP contribution in [0.15, 0.2) is 48.5 Å². The first-order chi connectivity index (χ1) is 12.4. The first kappa shape index (κ1) is 19.5. The van der Waals surface area contributed by atoms with Crippen molar-refractivity contribution in [3.8, 4) is 5.75 Å². The molecule has 6 nitrogen and oxygen atoms in total. The number of carbonyl (C=O) groups excluding carboxylic acids is 2. The highest BCUT2D eigenvalue weighted by Crippen LogP contribution is 2.15. The molecule has 2 rings (SSSR count). The highest BCUT2D eigenvalue weighted by atomic mass is 16.5. The van der Waals surface area contributed by atoms with Crippen molar-refractivity contribution in [2.24, 2.45) is 5.73 Å². The van der Waals surface area contributed by atoms with E-state index in [0.717, 1.165) is 11.3 Å². The van der Waals surface area contributed by atoms with Crippen LogP contribution in [0.25, 0.3) is 0 Å². The number of benzene rings is 2. The Labute approximate surface area is 153 Å². The molecule has 1 atom stereocenters. The molecule has 26 heavy (non-hydrogen) atoms. The molecular weight excluding hydrogens is 330 g/mol. The van der Waals surface area contributed by atoms with Gasteiger partial charge >= 0.3 is 0 Å². The van der Waals surface area contributed by atoms with Gasteiger partial charge in [-0.3, -0.25) is 14.5 Å². The van der Waals surface area contributed by atoms with Crippen LogP contribution in [0.4, 0.5) is 5.69 Å². The highest BCUT2D eigenvalue weighted by molar-refractivity contribution is 5.96. The summed E-state index contributed by atoms with van der Waals surface area (Å²) in [7, 11) is 1.90. The van der Waals surface area contributed by atoms with E-state index in [4.69, 9.17) is 10.5 Å². The fourth-order valence-corrected chi connectivity index (χ4v) is 2.45. The predicted octanol–water partition coefficient (Wildman–Crippen LogP) is 2.64. The number of primary amides is 1. The Kier molecular flexibility index (Phi) is 6.74.